The molecule has 1 aromatic rings. The maximum atomic E-state index is 11.7. The van der Waals surface area contributed by atoms with E-state index in [2.05, 4.69) is 26.2 Å². The minimum absolute atomic E-state index is 0.294. The van der Waals surface area contributed by atoms with Gasteiger partial charge in [0.05, 0.1) is 12.2 Å². The van der Waals surface area contributed by atoms with Crippen LogP contribution in [0.1, 0.15) is 5.69 Å². The molecule has 0 atom stereocenters. The smallest absolute Gasteiger partial charge is 0.250 e. The second-order valence-electron chi connectivity index (χ2n) is 2.49. The Balaban J connectivity index is 2.33. The third kappa shape index (κ3) is 4.28. The molecular weight excluding hydrogens is 242 g/mol. The van der Waals surface area contributed by atoms with E-state index in [0.29, 0.717) is 6.54 Å². The Morgan fingerprint density at radius 2 is 2.23 bits per heavy atom. The summed E-state index contributed by atoms with van der Waals surface area (Å²) >= 11 is 3.23. The number of hydrogen-bond acceptors (Lipinski definition) is 2. The molecule has 13 heavy (non-hydrogen) atoms. The Hall–Kier alpha value is -0.550. The Bertz CT molecular complexity index is 251. The van der Waals surface area contributed by atoms with Crippen LogP contribution in [0.25, 0.3) is 0 Å². The van der Waals surface area contributed by atoms with Crippen LogP contribution in [0.5, 0.6) is 0 Å². The maximum absolute atomic E-state index is 11.7. The number of rotatable bonds is 4. The topological polar surface area (TPSA) is 24.9 Å². The molecule has 0 aromatic carbocycles. The summed E-state index contributed by atoms with van der Waals surface area (Å²) in [7, 11) is 0. The molecule has 0 aliphatic heterocycles. The molecule has 0 bridgehead atoms. The van der Waals surface area contributed by atoms with Crippen LogP contribution in [-0.2, 0) is 6.54 Å². The van der Waals surface area contributed by atoms with E-state index in [1.54, 1.807) is 12.3 Å². The van der Waals surface area contributed by atoms with Gasteiger partial charge >= 0.3 is 0 Å². The summed E-state index contributed by atoms with van der Waals surface area (Å²) in [5.74, 6) is 0. The highest BCUT2D eigenvalue weighted by molar-refractivity contribution is 9.10. The number of nitrogens with one attached hydrogen (secondary N) is 1. The molecule has 0 radical (unpaired) electrons. The zero-order valence-electron chi connectivity index (χ0n) is 6.80. The van der Waals surface area contributed by atoms with E-state index in [4.69, 9.17) is 0 Å². The van der Waals surface area contributed by atoms with E-state index < -0.39 is 6.43 Å². The van der Waals surface area contributed by atoms with E-state index in [-0.39, 0.29) is 6.54 Å². The monoisotopic (exact) mass is 250 g/mol. The molecule has 0 aliphatic carbocycles. The summed E-state index contributed by atoms with van der Waals surface area (Å²) in [6, 6.07) is 3.61. The molecule has 0 amide bonds. The predicted octanol–water partition coefficient (Wildman–Crippen LogP) is 2.20. The quantitative estimate of drug-likeness (QED) is 0.887. The molecule has 0 aliphatic rings. The summed E-state index contributed by atoms with van der Waals surface area (Å²) in [6.07, 6.45) is -0.671. The van der Waals surface area contributed by atoms with E-state index >= 15 is 0 Å². The largest absolute Gasteiger partial charge is 0.306 e. The summed E-state index contributed by atoms with van der Waals surface area (Å²) in [5, 5.41) is 2.59. The van der Waals surface area contributed by atoms with Crippen LogP contribution in [0.2, 0.25) is 0 Å². The molecule has 5 heteroatoms. The summed E-state index contributed by atoms with van der Waals surface area (Å²) in [6.45, 7) is 0.0787. The molecule has 0 saturated heterocycles. The van der Waals surface area contributed by atoms with E-state index in [1.165, 1.54) is 0 Å². The Kier molecular flexibility index (Phi) is 4.24. The van der Waals surface area contributed by atoms with Gasteiger partial charge in [-0.3, -0.25) is 4.98 Å². The fraction of sp³-hybridized carbons (Fsp3) is 0.375. The highest BCUT2D eigenvalue weighted by atomic mass is 79.9. The highest BCUT2D eigenvalue weighted by Gasteiger charge is 2.00. The highest BCUT2D eigenvalue weighted by Crippen LogP contribution is 2.06. The third-order valence-corrected chi connectivity index (χ3v) is 1.86. The fourth-order valence-electron chi connectivity index (χ4n) is 0.820. The van der Waals surface area contributed by atoms with Crippen molar-refractivity contribution < 1.29 is 8.78 Å². The average molecular weight is 251 g/mol. The van der Waals surface area contributed by atoms with Gasteiger partial charge in [-0.2, -0.15) is 0 Å². The van der Waals surface area contributed by atoms with Crippen molar-refractivity contribution in [3.63, 3.8) is 0 Å². The lowest BCUT2D eigenvalue weighted by Crippen LogP contribution is -2.21. The van der Waals surface area contributed by atoms with Gasteiger partial charge in [0.2, 0.25) is 0 Å². The van der Waals surface area contributed by atoms with Crippen LogP contribution in [0.15, 0.2) is 22.8 Å². The van der Waals surface area contributed by atoms with Crippen LogP contribution in [0, 0.1) is 0 Å². The molecule has 1 N–H and O–H groups in total. The zero-order chi connectivity index (χ0) is 9.68. The lowest BCUT2D eigenvalue weighted by molar-refractivity contribution is 0.145. The van der Waals surface area contributed by atoms with Gasteiger partial charge in [-0.15, -0.1) is 0 Å². The average Bonchev–Trinajstić information content (AvgIpc) is 2.08. The summed E-state index contributed by atoms with van der Waals surface area (Å²) in [5.41, 5.74) is 0.754. The van der Waals surface area contributed by atoms with Gasteiger partial charge in [-0.05, 0) is 28.1 Å². The molecule has 1 aromatic heterocycles. The predicted molar refractivity (Wildman–Crippen MR) is 49.6 cm³/mol. The Morgan fingerprint density at radius 3 is 2.77 bits per heavy atom. The number of nitrogens with zero attached hydrogens (tertiary/aromatic N) is 1. The van der Waals surface area contributed by atoms with Gasteiger partial charge in [0.25, 0.3) is 6.43 Å². The zero-order valence-corrected chi connectivity index (χ0v) is 8.39. The van der Waals surface area contributed by atoms with Crippen molar-refractivity contribution in [3.05, 3.63) is 28.5 Å². The molecule has 0 fully saturated rings. The molecule has 0 saturated carbocycles. The Labute approximate surface area is 83.5 Å². The SMILES string of the molecule is FC(F)CNCc1ccc(Br)cn1. The molecule has 0 spiro atoms. The van der Waals surface area contributed by atoms with Crippen molar-refractivity contribution in [2.75, 3.05) is 6.54 Å². The number of alkyl halides is 2. The number of pyridine rings is 1. The first-order chi connectivity index (χ1) is 6.18. The third-order valence-electron chi connectivity index (χ3n) is 1.39. The first kappa shape index (κ1) is 10.5. The fourth-order valence-corrected chi connectivity index (χ4v) is 1.05. The molecule has 72 valence electrons. The van der Waals surface area contributed by atoms with Gasteiger partial charge in [0, 0.05) is 17.2 Å². The van der Waals surface area contributed by atoms with Crippen molar-refractivity contribution in [2.24, 2.45) is 0 Å². The van der Waals surface area contributed by atoms with Crippen molar-refractivity contribution in [1.82, 2.24) is 10.3 Å². The molecule has 1 heterocycles. The lowest BCUT2D eigenvalue weighted by Gasteiger charge is -2.02. The van der Waals surface area contributed by atoms with Crippen LogP contribution >= 0.6 is 15.9 Å². The summed E-state index contributed by atoms with van der Waals surface area (Å²) in [4.78, 5) is 4.02. The van der Waals surface area contributed by atoms with Crippen molar-refractivity contribution in [3.8, 4) is 0 Å². The number of aromatic nitrogens is 1. The molecule has 0 unspecified atom stereocenters. The first-order valence-corrected chi connectivity index (χ1v) is 4.57. The lowest BCUT2D eigenvalue weighted by atomic mass is 10.3. The van der Waals surface area contributed by atoms with Crippen molar-refractivity contribution in [2.45, 2.75) is 13.0 Å². The van der Waals surface area contributed by atoms with Crippen molar-refractivity contribution >= 4 is 15.9 Å². The normalized spacial score (nSPS) is 10.8. The Morgan fingerprint density at radius 1 is 1.46 bits per heavy atom. The van der Waals surface area contributed by atoms with Crippen molar-refractivity contribution in [1.29, 1.82) is 0 Å². The van der Waals surface area contributed by atoms with E-state index in [9.17, 15) is 8.78 Å². The minimum atomic E-state index is -2.31. The van der Waals surface area contributed by atoms with Gasteiger partial charge in [-0.25, -0.2) is 8.78 Å². The van der Waals surface area contributed by atoms with Crippen LogP contribution < -0.4 is 5.32 Å². The minimum Gasteiger partial charge on any atom is -0.306 e. The van der Waals surface area contributed by atoms with Gasteiger partial charge in [-0.1, -0.05) is 0 Å². The standard InChI is InChI=1S/C8H9BrF2N2/c9-6-1-2-7(13-3-6)4-12-5-8(10)11/h1-3,8,12H,4-5H2. The van der Waals surface area contributed by atoms with E-state index in [0.717, 1.165) is 10.2 Å². The first-order valence-electron chi connectivity index (χ1n) is 3.78. The van der Waals surface area contributed by atoms with Gasteiger partial charge in [0.15, 0.2) is 0 Å². The molecular formula is C8H9BrF2N2. The number of halogens is 3. The van der Waals surface area contributed by atoms with Gasteiger partial charge in [0.1, 0.15) is 0 Å². The second-order valence-corrected chi connectivity index (χ2v) is 3.41. The van der Waals surface area contributed by atoms with Crippen LogP contribution in [0.4, 0.5) is 8.78 Å². The maximum Gasteiger partial charge on any atom is 0.250 e. The van der Waals surface area contributed by atoms with Gasteiger partial charge < -0.3 is 5.32 Å². The second kappa shape index (κ2) is 5.24. The summed E-state index contributed by atoms with van der Waals surface area (Å²) < 4.78 is 24.3. The van der Waals surface area contributed by atoms with E-state index in [1.807, 2.05) is 6.07 Å². The van der Waals surface area contributed by atoms with Crippen LogP contribution in [0.3, 0.4) is 0 Å². The molecule has 1 rings (SSSR count). The van der Waals surface area contributed by atoms with Crippen LogP contribution in [-0.4, -0.2) is 18.0 Å². The molecule has 2 nitrogen and oxygen atoms in total. The number of hydrogen-bond donors (Lipinski definition) is 1.